The number of methoxy groups -OCH3 is 1. The smallest absolute Gasteiger partial charge is 0.337 e. The number of aryl methyl sites for hydroxylation is 2. The summed E-state index contributed by atoms with van der Waals surface area (Å²) in [5.74, 6) is -0.899. The lowest BCUT2D eigenvalue weighted by Gasteiger charge is -2.15. The molecule has 0 spiro atoms. The maximum atomic E-state index is 13.4. The first kappa shape index (κ1) is 22.4. The number of rotatable bonds is 5. The molecule has 4 aromatic rings. The molecule has 0 aliphatic heterocycles. The lowest BCUT2D eigenvalue weighted by Crippen LogP contribution is -2.31. The molecular weight excluding hydrogens is 438 g/mol. The predicted molar refractivity (Wildman–Crippen MR) is 130 cm³/mol. The van der Waals surface area contributed by atoms with Gasteiger partial charge in [-0.15, -0.1) is 11.3 Å². The zero-order valence-corrected chi connectivity index (χ0v) is 19.5. The Kier molecular flexibility index (Phi) is 6.11. The number of anilines is 1. The number of fused-ring (bicyclic) bond motifs is 1. The Bertz CT molecular complexity index is 1440. The third-order valence-corrected chi connectivity index (χ3v) is 6.57. The largest absolute Gasteiger partial charge is 0.465 e. The van der Waals surface area contributed by atoms with Crippen LogP contribution in [0.4, 0.5) is 5.69 Å². The molecule has 4 rings (SSSR count). The summed E-state index contributed by atoms with van der Waals surface area (Å²) in [5, 5.41) is 5.18. The number of hydrogen-bond donors (Lipinski definition) is 1. The van der Waals surface area contributed by atoms with Crippen molar-refractivity contribution >= 4 is 39.1 Å². The van der Waals surface area contributed by atoms with Crippen LogP contribution in [0.5, 0.6) is 0 Å². The Morgan fingerprint density at radius 2 is 1.91 bits per heavy atom. The monoisotopic (exact) mass is 461 g/mol. The van der Waals surface area contributed by atoms with Crippen molar-refractivity contribution in [3.63, 3.8) is 0 Å². The van der Waals surface area contributed by atoms with Gasteiger partial charge in [0.25, 0.3) is 5.56 Å². The number of carbonyl (C=O) groups excluding carboxylic acids is 2. The Morgan fingerprint density at radius 3 is 2.64 bits per heavy atom. The van der Waals surface area contributed by atoms with Crippen LogP contribution in [0.1, 0.15) is 34.5 Å². The quantitative estimate of drug-likeness (QED) is 0.434. The van der Waals surface area contributed by atoms with Gasteiger partial charge in [-0.1, -0.05) is 24.3 Å². The van der Waals surface area contributed by atoms with E-state index in [1.807, 2.05) is 31.4 Å². The van der Waals surface area contributed by atoms with Gasteiger partial charge in [0.1, 0.15) is 10.9 Å². The second kappa shape index (κ2) is 8.99. The van der Waals surface area contributed by atoms with Gasteiger partial charge in [-0.25, -0.2) is 9.78 Å². The lowest BCUT2D eigenvalue weighted by atomic mass is 10.0. The van der Waals surface area contributed by atoms with Crippen LogP contribution in [0.2, 0.25) is 0 Å². The van der Waals surface area contributed by atoms with E-state index >= 15 is 0 Å². The molecule has 33 heavy (non-hydrogen) atoms. The maximum absolute atomic E-state index is 13.4. The first-order valence-electron chi connectivity index (χ1n) is 10.4. The molecule has 1 atom stereocenters. The summed E-state index contributed by atoms with van der Waals surface area (Å²) in [6.07, 6.45) is 1.40. The standard InChI is InChI=1S/C25H23N3O4S/c1-14-8-9-17(10-15(14)2)20-12-33-23-21(20)24(30)28(13-26-23)16(3)22(29)27-19-7-5-6-18(11-19)25(31)32-4/h5-13,16H,1-4H3,(H,27,29). The molecule has 7 nitrogen and oxygen atoms in total. The summed E-state index contributed by atoms with van der Waals surface area (Å²) in [4.78, 5) is 43.1. The molecule has 8 heteroatoms. The van der Waals surface area contributed by atoms with Crippen LogP contribution in [-0.2, 0) is 9.53 Å². The van der Waals surface area contributed by atoms with Gasteiger partial charge in [0.2, 0.25) is 5.91 Å². The molecule has 2 heterocycles. The normalized spacial score (nSPS) is 11.9. The van der Waals surface area contributed by atoms with Crippen molar-refractivity contribution in [2.45, 2.75) is 26.8 Å². The van der Waals surface area contributed by atoms with Crippen molar-refractivity contribution in [2.24, 2.45) is 0 Å². The molecule has 1 N–H and O–H groups in total. The number of hydrogen-bond acceptors (Lipinski definition) is 6. The minimum Gasteiger partial charge on any atom is -0.465 e. The van der Waals surface area contributed by atoms with Crippen LogP contribution in [0.3, 0.4) is 0 Å². The van der Waals surface area contributed by atoms with Crippen molar-refractivity contribution < 1.29 is 14.3 Å². The van der Waals surface area contributed by atoms with Crippen LogP contribution < -0.4 is 10.9 Å². The number of aromatic nitrogens is 2. The summed E-state index contributed by atoms with van der Waals surface area (Å²) in [6.45, 7) is 5.71. The molecule has 168 valence electrons. The van der Waals surface area contributed by atoms with Crippen LogP contribution in [0.15, 0.2) is 59.0 Å². The second-order valence-electron chi connectivity index (χ2n) is 7.82. The van der Waals surface area contributed by atoms with Gasteiger partial charge >= 0.3 is 5.97 Å². The zero-order chi connectivity index (χ0) is 23.7. The molecule has 0 saturated heterocycles. The predicted octanol–water partition coefficient (Wildman–Crippen LogP) is 4.73. The average molecular weight is 462 g/mol. The highest BCUT2D eigenvalue weighted by Gasteiger charge is 2.21. The number of benzene rings is 2. The third-order valence-electron chi connectivity index (χ3n) is 5.69. The summed E-state index contributed by atoms with van der Waals surface area (Å²) >= 11 is 1.40. The third kappa shape index (κ3) is 4.29. The van der Waals surface area contributed by atoms with Crippen molar-refractivity contribution in [3.05, 3.63) is 81.2 Å². The fraction of sp³-hybridized carbons (Fsp3) is 0.200. The molecule has 0 saturated carbocycles. The number of nitrogens with zero attached hydrogens (tertiary/aromatic N) is 2. The molecule has 0 aliphatic carbocycles. The van der Waals surface area contributed by atoms with E-state index in [2.05, 4.69) is 16.4 Å². The highest BCUT2D eigenvalue weighted by atomic mass is 32.1. The highest BCUT2D eigenvalue weighted by molar-refractivity contribution is 7.17. The van der Waals surface area contributed by atoms with Crippen LogP contribution >= 0.6 is 11.3 Å². The number of thiophene rings is 1. The Balaban J connectivity index is 1.67. The molecule has 0 aliphatic rings. The molecule has 2 aromatic heterocycles. The van der Waals surface area contributed by atoms with E-state index in [9.17, 15) is 14.4 Å². The van der Waals surface area contributed by atoms with Crippen molar-refractivity contribution in [3.8, 4) is 11.1 Å². The van der Waals surface area contributed by atoms with Gasteiger partial charge in [-0.2, -0.15) is 0 Å². The zero-order valence-electron chi connectivity index (χ0n) is 18.7. The minimum atomic E-state index is -0.816. The van der Waals surface area contributed by atoms with Gasteiger partial charge < -0.3 is 10.1 Å². The van der Waals surface area contributed by atoms with E-state index in [0.29, 0.717) is 21.5 Å². The lowest BCUT2D eigenvalue weighted by molar-refractivity contribution is -0.118. The van der Waals surface area contributed by atoms with E-state index in [0.717, 1.165) is 16.7 Å². The number of ether oxygens (including phenoxy) is 1. The van der Waals surface area contributed by atoms with Crippen LogP contribution in [-0.4, -0.2) is 28.5 Å². The van der Waals surface area contributed by atoms with Crippen LogP contribution in [0, 0.1) is 13.8 Å². The van der Waals surface area contributed by atoms with Gasteiger partial charge in [0.05, 0.1) is 24.4 Å². The van der Waals surface area contributed by atoms with E-state index in [1.54, 1.807) is 25.1 Å². The SMILES string of the molecule is COC(=O)c1cccc(NC(=O)C(C)n2cnc3scc(-c4ccc(C)c(C)c4)c3c2=O)c1. The molecular formula is C25H23N3O4S. The van der Waals surface area contributed by atoms with Gasteiger partial charge in [0, 0.05) is 16.6 Å². The summed E-state index contributed by atoms with van der Waals surface area (Å²) in [6, 6.07) is 11.7. The number of esters is 1. The Morgan fingerprint density at radius 1 is 1.12 bits per heavy atom. The minimum absolute atomic E-state index is 0.277. The molecule has 1 amide bonds. The number of nitrogens with one attached hydrogen (secondary N) is 1. The number of carbonyl (C=O) groups is 2. The van der Waals surface area contributed by atoms with E-state index < -0.39 is 17.9 Å². The highest BCUT2D eigenvalue weighted by Crippen LogP contribution is 2.32. The van der Waals surface area contributed by atoms with Crippen molar-refractivity contribution in [1.29, 1.82) is 0 Å². The summed E-state index contributed by atoms with van der Waals surface area (Å²) in [5.41, 5.74) is 4.54. The first-order chi connectivity index (χ1) is 15.8. The molecule has 0 bridgehead atoms. The Hall–Kier alpha value is -3.78. The summed E-state index contributed by atoms with van der Waals surface area (Å²) < 4.78 is 6.05. The number of amides is 1. The first-order valence-corrected chi connectivity index (χ1v) is 11.2. The maximum Gasteiger partial charge on any atom is 0.337 e. The molecule has 2 aromatic carbocycles. The molecule has 1 unspecified atom stereocenters. The van der Waals surface area contributed by atoms with Crippen molar-refractivity contribution in [2.75, 3.05) is 12.4 Å². The fourth-order valence-electron chi connectivity index (χ4n) is 3.56. The fourth-order valence-corrected chi connectivity index (χ4v) is 4.46. The summed E-state index contributed by atoms with van der Waals surface area (Å²) in [7, 11) is 1.29. The molecule has 0 fully saturated rings. The molecule has 0 radical (unpaired) electrons. The van der Waals surface area contributed by atoms with E-state index in [1.165, 1.54) is 41.0 Å². The van der Waals surface area contributed by atoms with Gasteiger partial charge in [-0.3, -0.25) is 14.2 Å². The van der Waals surface area contributed by atoms with Gasteiger partial charge in [0.15, 0.2) is 0 Å². The van der Waals surface area contributed by atoms with Crippen LogP contribution in [0.25, 0.3) is 21.3 Å². The van der Waals surface area contributed by atoms with E-state index in [-0.39, 0.29) is 5.56 Å². The second-order valence-corrected chi connectivity index (χ2v) is 8.68. The van der Waals surface area contributed by atoms with Gasteiger partial charge in [-0.05, 0) is 55.7 Å². The average Bonchev–Trinajstić information content (AvgIpc) is 3.25. The topological polar surface area (TPSA) is 90.3 Å². The van der Waals surface area contributed by atoms with E-state index in [4.69, 9.17) is 4.74 Å². The van der Waals surface area contributed by atoms with Crippen molar-refractivity contribution in [1.82, 2.24) is 9.55 Å². The Labute approximate surface area is 194 Å².